The molecule has 0 atom stereocenters. The van der Waals surface area contributed by atoms with Crippen LogP contribution in [0.1, 0.15) is 16.7 Å². The lowest BCUT2D eigenvalue weighted by atomic mass is 10.0. The standard InChI is InChI=1S/C29H24N4O4/c1-18-9-8-14-24(19(18)2)33-28(36)23(27(35)31-29(33)37)15-20-16-32(25-13-7-6-12-22(20)25)17-26(34)30-21-10-4-3-5-11-21/h3-16H,17H2,1-2H3,(H,30,34)(H,31,35,37)/b23-15-. The van der Waals surface area contributed by atoms with E-state index in [4.69, 9.17) is 0 Å². The third-order valence-electron chi connectivity index (χ3n) is 6.41. The van der Waals surface area contributed by atoms with Crippen molar-refractivity contribution in [2.45, 2.75) is 20.4 Å². The summed E-state index contributed by atoms with van der Waals surface area (Å²) in [6.45, 7) is 3.74. The highest BCUT2D eigenvalue weighted by molar-refractivity contribution is 6.39. The summed E-state index contributed by atoms with van der Waals surface area (Å²) in [6.07, 6.45) is 3.19. The molecule has 0 aliphatic carbocycles. The molecule has 3 aromatic carbocycles. The average molecular weight is 493 g/mol. The van der Waals surface area contributed by atoms with Crippen molar-refractivity contribution in [3.63, 3.8) is 0 Å². The number of amides is 5. The van der Waals surface area contributed by atoms with Gasteiger partial charge in [-0.05, 0) is 55.3 Å². The van der Waals surface area contributed by atoms with E-state index in [1.54, 1.807) is 35.0 Å². The molecule has 1 saturated heterocycles. The molecule has 0 radical (unpaired) electrons. The summed E-state index contributed by atoms with van der Waals surface area (Å²) in [5.41, 5.74) is 3.96. The largest absolute Gasteiger partial charge is 0.337 e. The normalized spacial score (nSPS) is 14.8. The van der Waals surface area contributed by atoms with Gasteiger partial charge in [0.25, 0.3) is 11.8 Å². The highest BCUT2D eigenvalue weighted by Crippen LogP contribution is 2.29. The van der Waals surface area contributed by atoms with Crippen molar-refractivity contribution >= 4 is 52.1 Å². The molecule has 1 aliphatic heterocycles. The third-order valence-corrected chi connectivity index (χ3v) is 6.41. The van der Waals surface area contributed by atoms with Gasteiger partial charge < -0.3 is 9.88 Å². The SMILES string of the molecule is Cc1cccc(N2C(=O)NC(=O)/C(=C/c3cn(CC(=O)Nc4ccccc4)c4ccccc34)C2=O)c1C. The molecule has 1 fully saturated rings. The molecule has 0 spiro atoms. The van der Waals surface area contributed by atoms with Gasteiger partial charge in [0.15, 0.2) is 0 Å². The van der Waals surface area contributed by atoms with Gasteiger partial charge in [-0.2, -0.15) is 0 Å². The monoisotopic (exact) mass is 492 g/mol. The number of rotatable bonds is 5. The molecule has 0 saturated carbocycles. The molecule has 8 heteroatoms. The van der Waals surface area contributed by atoms with E-state index in [2.05, 4.69) is 10.6 Å². The second-order valence-electron chi connectivity index (χ2n) is 8.82. The number of para-hydroxylation sites is 2. The van der Waals surface area contributed by atoms with Gasteiger partial charge >= 0.3 is 6.03 Å². The van der Waals surface area contributed by atoms with Gasteiger partial charge in [0, 0.05) is 28.4 Å². The molecular weight excluding hydrogens is 468 g/mol. The minimum atomic E-state index is -0.791. The quantitative estimate of drug-likeness (QED) is 0.315. The smallest absolute Gasteiger partial charge is 0.335 e. The molecule has 8 nitrogen and oxygen atoms in total. The maximum atomic E-state index is 13.4. The van der Waals surface area contributed by atoms with E-state index in [-0.39, 0.29) is 18.0 Å². The highest BCUT2D eigenvalue weighted by Gasteiger charge is 2.37. The lowest BCUT2D eigenvalue weighted by Crippen LogP contribution is -2.54. The molecule has 37 heavy (non-hydrogen) atoms. The Morgan fingerprint density at radius 1 is 0.919 bits per heavy atom. The van der Waals surface area contributed by atoms with E-state index in [0.717, 1.165) is 26.9 Å². The second-order valence-corrected chi connectivity index (χ2v) is 8.82. The molecule has 184 valence electrons. The van der Waals surface area contributed by atoms with Crippen molar-refractivity contribution in [2.75, 3.05) is 10.2 Å². The topological polar surface area (TPSA) is 101 Å². The maximum absolute atomic E-state index is 13.4. The number of fused-ring (bicyclic) bond motifs is 1. The van der Waals surface area contributed by atoms with Gasteiger partial charge in [0.2, 0.25) is 5.91 Å². The summed E-state index contributed by atoms with van der Waals surface area (Å²) in [7, 11) is 0. The third kappa shape index (κ3) is 4.52. The van der Waals surface area contributed by atoms with Gasteiger partial charge in [0.05, 0.1) is 5.69 Å². The molecule has 0 bridgehead atoms. The van der Waals surface area contributed by atoms with Crippen LogP contribution in [0, 0.1) is 13.8 Å². The lowest BCUT2D eigenvalue weighted by molar-refractivity contribution is -0.122. The van der Waals surface area contributed by atoms with E-state index < -0.39 is 17.8 Å². The Morgan fingerprint density at radius 2 is 1.65 bits per heavy atom. The zero-order valence-electron chi connectivity index (χ0n) is 20.3. The van der Waals surface area contributed by atoms with Crippen LogP contribution in [0.5, 0.6) is 0 Å². The first-order valence-corrected chi connectivity index (χ1v) is 11.7. The van der Waals surface area contributed by atoms with Gasteiger partial charge in [-0.25, -0.2) is 9.69 Å². The number of urea groups is 1. The number of hydrogen-bond acceptors (Lipinski definition) is 4. The summed E-state index contributed by atoms with van der Waals surface area (Å²) in [4.78, 5) is 52.6. The Bertz CT molecular complexity index is 1600. The van der Waals surface area contributed by atoms with Crippen LogP contribution in [0.3, 0.4) is 0 Å². The number of hydrogen-bond donors (Lipinski definition) is 2. The van der Waals surface area contributed by atoms with Crippen molar-refractivity contribution in [1.82, 2.24) is 9.88 Å². The number of aryl methyl sites for hydroxylation is 1. The summed E-state index contributed by atoms with van der Waals surface area (Å²) in [5.74, 6) is -1.69. The zero-order chi connectivity index (χ0) is 26.1. The Balaban J connectivity index is 1.51. The van der Waals surface area contributed by atoms with Crippen LogP contribution in [0.15, 0.2) is 84.6 Å². The Hall–Kier alpha value is -4.98. The highest BCUT2D eigenvalue weighted by atomic mass is 16.2. The number of nitrogens with zero attached hydrogens (tertiary/aromatic N) is 2. The molecule has 4 aromatic rings. The minimum Gasteiger partial charge on any atom is -0.337 e. The first-order chi connectivity index (χ1) is 17.8. The summed E-state index contributed by atoms with van der Waals surface area (Å²) in [5, 5.41) is 5.90. The van der Waals surface area contributed by atoms with Crippen molar-refractivity contribution in [3.05, 3.63) is 101 Å². The number of anilines is 2. The fraction of sp³-hybridized carbons (Fsp3) is 0.103. The van der Waals surface area contributed by atoms with E-state index >= 15 is 0 Å². The number of aromatic nitrogens is 1. The van der Waals surface area contributed by atoms with Gasteiger partial charge in [-0.15, -0.1) is 0 Å². The number of imide groups is 2. The number of carbonyl (C=O) groups excluding carboxylic acids is 4. The molecule has 1 aliphatic rings. The molecule has 5 rings (SSSR count). The van der Waals surface area contributed by atoms with Crippen LogP contribution in [-0.2, 0) is 20.9 Å². The van der Waals surface area contributed by atoms with Crippen molar-refractivity contribution in [3.8, 4) is 0 Å². The predicted molar refractivity (Wildman–Crippen MR) is 142 cm³/mol. The molecule has 2 N–H and O–H groups in total. The van der Waals surface area contributed by atoms with Gasteiger partial charge in [-0.3, -0.25) is 19.7 Å². The van der Waals surface area contributed by atoms with E-state index in [0.29, 0.717) is 16.9 Å². The van der Waals surface area contributed by atoms with E-state index in [1.165, 1.54) is 6.08 Å². The molecule has 5 amide bonds. The van der Waals surface area contributed by atoms with Crippen LogP contribution in [0.4, 0.5) is 16.2 Å². The van der Waals surface area contributed by atoms with Crippen LogP contribution >= 0.6 is 0 Å². The maximum Gasteiger partial charge on any atom is 0.335 e. The van der Waals surface area contributed by atoms with Crippen LogP contribution in [0.25, 0.3) is 17.0 Å². The van der Waals surface area contributed by atoms with Crippen LogP contribution in [0.2, 0.25) is 0 Å². The predicted octanol–water partition coefficient (Wildman–Crippen LogP) is 4.56. The molecular formula is C29H24N4O4. The second kappa shape index (κ2) is 9.58. The lowest BCUT2D eigenvalue weighted by Gasteiger charge is -2.28. The summed E-state index contributed by atoms with van der Waals surface area (Å²) in [6, 6.07) is 21.1. The van der Waals surface area contributed by atoms with Crippen LogP contribution in [-0.4, -0.2) is 28.3 Å². The molecule has 2 heterocycles. The van der Waals surface area contributed by atoms with Crippen molar-refractivity contribution in [2.24, 2.45) is 0 Å². The number of benzene rings is 3. The number of nitrogens with one attached hydrogen (secondary N) is 2. The Morgan fingerprint density at radius 3 is 2.43 bits per heavy atom. The van der Waals surface area contributed by atoms with Crippen molar-refractivity contribution in [1.29, 1.82) is 0 Å². The first-order valence-electron chi connectivity index (χ1n) is 11.7. The van der Waals surface area contributed by atoms with E-state index in [1.807, 2.05) is 62.4 Å². The van der Waals surface area contributed by atoms with Crippen LogP contribution < -0.4 is 15.5 Å². The summed E-state index contributed by atoms with van der Waals surface area (Å²) >= 11 is 0. The number of carbonyl (C=O) groups is 4. The minimum absolute atomic E-state index is 0.0336. The Kier molecular flexibility index (Phi) is 6.15. The average Bonchev–Trinajstić information content (AvgIpc) is 3.21. The van der Waals surface area contributed by atoms with Gasteiger partial charge in [0.1, 0.15) is 12.1 Å². The Labute approximate surface area is 213 Å². The summed E-state index contributed by atoms with van der Waals surface area (Å²) < 4.78 is 1.76. The van der Waals surface area contributed by atoms with E-state index in [9.17, 15) is 19.2 Å². The fourth-order valence-corrected chi connectivity index (χ4v) is 4.41. The molecule has 1 aromatic heterocycles. The first kappa shape index (κ1) is 23.7. The zero-order valence-corrected chi connectivity index (χ0v) is 20.3. The van der Waals surface area contributed by atoms with Gasteiger partial charge in [-0.1, -0.05) is 48.5 Å². The fourth-order valence-electron chi connectivity index (χ4n) is 4.41. The molecule has 0 unspecified atom stereocenters. The number of barbiturate groups is 1. The van der Waals surface area contributed by atoms with Crippen molar-refractivity contribution < 1.29 is 19.2 Å².